The molecule has 0 spiro atoms. The van der Waals surface area contributed by atoms with Crippen LogP contribution in [0.4, 0.5) is 36.3 Å². The van der Waals surface area contributed by atoms with E-state index in [4.69, 9.17) is 4.74 Å². The lowest BCUT2D eigenvalue weighted by Gasteiger charge is -2.29. The molecule has 1 aromatic heterocycles. The van der Waals surface area contributed by atoms with E-state index in [1.54, 1.807) is 17.2 Å². The number of benzene rings is 2. The minimum absolute atomic E-state index is 0.109. The standard InChI is InChI=1S/C28H31F3N6O3/c29-28(30,31)40-24-9-3-20(4-10-24)19-37(26(38)21-2-1-12-32-18-21)25-11-13-33-27(35-25)34-22-5-7-23(8-6-22)36-14-16-39-17-15-36/h3-11,13,21,32H,1-2,12,14-19H2,(H,33,34,35)/t21-/m0/s1. The molecule has 0 saturated carbocycles. The van der Waals surface area contributed by atoms with Gasteiger partial charge in [-0.2, -0.15) is 4.98 Å². The third-order valence-corrected chi connectivity index (χ3v) is 6.83. The van der Waals surface area contributed by atoms with Gasteiger partial charge in [-0.3, -0.25) is 9.69 Å². The molecule has 3 heterocycles. The molecule has 1 amide bonds. The molecule has 2 fully saturated rings. The number of carbonyl (C=O) groups excluding carboxylic acids is 1. The van der Waals surface area contributed by atoms with Crippen molar-refractivity contribution in [2.75, 3.05) is 54.5 Å². The second-order valence-electron chi connectivity index (χ2n) is 9.67. The normalized spacial score (nSPS) is 17.8. The van der Waals surface area contributed by atoms with Crippen molar-refractivity contribution >= 4 is 29.0 Å². The van der Waals surface area contributed by atoms with Crippen molar-refractivity contribution in [3.63, 3.8) is 0 Å². The Morgan fingerprint density at radius 2 is 1.85 bits per heavy atom. The van der Waals surface area contributed by atoms with Gasteiger partial charge in [0, 0.05) is 37.2 Å². The number of anilines is 4. The Bertz CT molecular complexity index is 1260. The molecule has 1 atom stereocenters. The summed E-state index contributed by atoms with van der Waals surface area (Å²) in [6.07, 6.45) is -1.58. The highest BCUT2D eigenvalue weighted by molar-refractivity contribution is 5.94. The molecule has 3 aromatic rings. The van der Waals surface area contributed by atoms with Crippen LogP contribution < -0.4 is 25.2 Å². The van der Waals surface area contributed by atoms with Gasteiger partial charge in [0.15, 0.2) is 0 Å². The Balaban J connectivity index is 1.34. The average molecular weight is 557 g/mol. The molecule has 0 aliphatic carbocycles. The molecule has 2 aliphatic heterocycles. The van der Waals surface area contributed by atoms with Crippen LogP contribution in [-0.4, -0.2) is 61.6 Å². The van der Waals surface area contributed by atoms with Gasteiger partial charge in [-0.15, -0.1) is 13.2 Å². The maximum atomic E-state index is 13.6. The Labute approximate surface area is 230 Å². The van der Waals surface area contributed by atoms with Crippen molar-refractivity contribution in [2.24, 2.45) is 5.92 Å². The monoisotopic (exact) mass is 556 g/mol. The first kappa shape index (κ1) is 27.7. The summed E-state index contributed by atoms with van der Waals surface area (Å²) in [7, 11) is 0. The van der Waals surface area contributed by atoms with Crippen molar-refractivity contribution in [3.05, 3.63) is 66.4 Å². The number of ether oxygens (including phenoxy) is 2. The Morgan fingerprint density at radius 1 is 1.10 bits per heavy atom. The molecule has 2 saturated heterocycles. The van der Waals surface area contributed by atoms with Gasteiger partial charge >= 0.3 is 6.36 Å². The van der Waals surface area contributed by atoms with Crippen LogP contribution >= 0.6 is 0 Å². The van der Waals surface area contributed by atoms with E-state index in [2.05, 4.69) is 30.2 Å². The number of hydrogen-bond acceptors (Lipinski definition) is 8. The first-order valence-electron chi connectivity index (χ1n) is 13.2. The molecule has 2 N–H and O–H groups in total. The zero-order valence-corrected chi connectivity index (χ0v) is 21.9. The van der Waals surface area contributed by atoms with Gasteiger partial charge in [-0.1, -0.05) is 12.1 Å². The zero-order valence-electron chi connectivity index (χ0n) is 21.9. The number of nitrogens with zero attached hydrogens (tertiary/aromatic N) is 4. The number of piperidine rings is 1. The highest BCUT2D eigenvalue weighted by Crippen LogP contribution is 2.26. The fourth-order valence-corrected chi connectivity index (χ4v) is 4.80. The SMILES string of the molecule is O=C([C@H]1CCCNC1)N(Cc1ccc(OC(F)(F)F)cc1)c1ccnc(Nc2ccc(N3CCOCC3)cc2)n1. The molecule has 0 bridgehead atoms. The zero-order chi connectivity index (χ0) is 28.0. The predicted octanol–water partition coefficient (Wildman–Crippen LogP) is 4.49. The number of halogens is 3. The highest BCUT2D eigenvalue weighted by Gasteiger charge is 2.31. The number of amides is 1. The lowest BCUT2D eigenvalue weighted by molar-refractivity contribution is -0.274. The molecule has 12 heteroatoms. The minimum atomic E-state index is -4.77. The van der Waals surface area contributed by atoms with Crippen molar-refractivity contribution in [1.82, 2.24) is 15.3 Å². The van der Waals surface area contributed by atoms with Crippen molar-refractivity contribution in [3.8, 4) is 5.75 Å². The molecule has 2 aliphatic rings. The van der Waals surface area contributed by atoms with E-state index in [0.29, 0.717) is 37.1 Å². The van der Waals surface area contributed by atoms with Gasteiger partial charge in [0.2, 0.25) is 11.9 Å². The van der Waals surface area contributed by atoms with E-state index >= 15 is 0 Å². The lowest BCUT2D eigenvalue weighted by Crippen LogP contribution is -2.43. The quantitative estimate of drug-likeness (QED) is 0.420. The third-order valence-electron chi connectivity index (χ3n) is 6.83. The fraction of sp³-hybridized carbons (Fsp3) is 0.393. The van der Waals surface area contributed by atoms with Crippen LogP contribution in [0.5, 0.6) is 5.75 Å². The molecule has 40 heavy (non-hydrogen) atoms. The van der Waals surface area contributed by atoms with E-state index in [-0.39, 0.29) is 24.1 Å². The van der Waals surface area contributed by atoms with Gasteiger partial charge in [0.25, 0.3) is 0 Å². The minimum Gasteiger partial charge on any atom is -0.406 e. The van der Waals surface area contributed by atoms with Gasteiger partial charge in [0.1, 0.15) is 11.6 Å². The second kappa shape index (κ2) is 12.5. The molecule has 0 radical (unpaired) electrons. The number of morpholine rings is 1. The summed E-state index contributed by atoms with van der Waals surface area (Å²) >= 11 is 0. The smallest absolute Gasteiger partial charge is 0.406 e. The summed E-state index contributed by atoms with van der Waals surface area (Å²) in [5, 5.41) is 6.46. The van der Waals surface area contributed by atoms with Crippen molar-refractivity contribution < 1.29 is 27.4 Å². The highest BCUT2D eigenvalue weighted by atomic mass is 19.4. The number of nitrogens with one attached hydrogen (secondary N) is 2. The van der Waals surface area contributed by atoms with Crippen LogP contribution in [0.3, 0.4) is 0 Å². The first-order chi connectivity index (χ1) is 19.3. The molecule has 212 valence electrons. The summed E-state index contributed by atoms with van der Waals surface area (Å²) in [4.78, 5) is 26.4. The lowest BCUT2D eigenvalue weighted by atomic mass is 9.98. The molecular weight excluding hydrogens is 525 g/mol. The van der Waals surface area contributed by atoms with Crippen LogP contribution in [0.25, 0.3) is 0 Å². The number of rotatable bonds is 8. The van der Waals surface area contributed by atoms with Crippen LogP contribution in [0, 0.1) is 5.92 Å². The average Bonchev–Trinajstić information content (AvgIpc) is 2.97. The molecule has 2 aromatic carbocycles. The van der Waals surface area contributed by atoms with Crippen LogP contribution in [0.2, 0.25) is 0 Å². The fourth-order valence-electron chi connectivity index (χ4n) is 4.80. The topological polar surface area (TPSA) is 91.9 Å². The first-order valence-corrected chi connectivity index (χ1v) is 13.2. The van der Waals surface area contributed by atoms with Crippen LogP contribution in [-0.2, 0) is 16.1 Å². The van der Waals surface area contributed by atoms with Crippen molar-refractivity contribution in [1.29, 1.82) is 0 Å². The summed E-state index contributed by atoms with van der Waals surface area (Å²) in [5.41, 5.74) is 2.54. The van der Waals surface area contributed by atoms with E-state index < -0.39 is 6.36 Å². The molecular formula is C28H31F3N6O3. The summed E-state index contributed by atoms with van der Waals surface area (Å²) in [6.45, 7) is 4.64. The summed E-state index contributed by atoms with van der Waals surface area (Å²) < 4.78 is 47.1. The Kier molecular flexibility index (Phi) is 8.66. The third kappa shape index (κ3) is 7.39. The predicted molar refractivity (Wildman–Crippen MR) is 145 cm³/mol. The van der Waals surface area contributed by atoms with E-state index in [1.165, 1.54) is 24.3 Å². The maximum absolute atomic E-state index is 13.6. The van der Waals surface area contributed by atoms with Crippen molar-refractivity contribution in [2.45, 2.75) is 25.7 Å². The Hall–Kier alpha value is -3.90. The van der Waals surface area contributed by atoms with Gasteiger partial charge in [-0.05, 0) is 67.4 Å². The van der Waals surface area contributed by atoms with E-state index in [1.807, 2.05) is 24.3 Å². The summed E-state index contributed by atoms with van der Waals surface area (Å²) in [6, 6.07) is 15.1. The van der Waals surface area contributed by atoms with Gasteiger partial charge in [0.05, 0.1) is 25.7 Å². The molecule has 9 nitrogen and oxygen atoms in total. The molecule has 5 rings (SSSR count). The van der Waals surface area contributed by atoms with Gasteiger partial charge < -0.3 is 25.0 Å². The maximum Gasteiger partial charge on any atom is 0.573 e. The van der Waals surface area contributed by atoms with Gasteiger partial charge in [-0.25, -0.2) is 4.98 Å². The molecule has 0 unspecified atom stereocenters. The number of carbonyl (C=O) groups is 1. The number of hydrogen-bond donors (Lipinski definition) is 2. The van der Waals surface area contributed by atoms with Crippen LogP contribution in [0.15, 0.2) is 60.8 Å². The largest absolute Gasteiger partial charge is 0.573 e. The summed E-state index contributed by atoms with van der Waals surface area (Å²) in [5.74, 6) is 0.0561. The van der Waals surface area contributed by atoms with E-state index in [9.17, 15) is 18.0 Å². The van der Waals surface area contributed by atoms with Crippen LogP contribution in [0.1, 0.15) is 18.4 Å². The number of alkyl halides is 3. The number of aromatic nitrogens is 2. The van der Waals surface area contributed by atoms with E-state index in [0.717, 1.165) is 43.9 Å². The second-order valence-corrected chi connectivity index (χ2v) is 9.67. The Morgan fingerprint density at radius 3 is 2.52 bits per heavy atom.